The zero-order chi connectivity index (χ0) is 13.4. The SMILES string of the molecule is c1coc(-c2cc(CN3CCC4NCCC4C3)no2)c1. The number of rotatable bonds is 3. The fourth-order valence-electron chi connectivity index (χ4n) is 3.42. The summed E-state index contributed by atoms with van der Waals surface area (Å²) in [6, 6.07) is 6.47. The maximum Gasteiger partial charge on any atom is 0.202 e. The number of piperidine rings is 1. The summed E-state index contributed by atoms with van der Waals surface area (Å²) in [6.45, 7) is 4.35. The van der Waals surface area contributed by atoms with Crippen LogP contribution >= 0.6 is 0 Å². The molecule has 0 aliphatic carbocycles. The molecule has 4 heterocycles. The highest BCUT2D eigenvalue weighted by Gasteiger charge is 2.32. The fourth-order valence-corrected chi connectivity index (χ4v) is 3.42. The van der Waals surface area contributed by atoms with Gasteiger partial charge in [0.2, 0.25) is 5.76 Å². The summed E-state index contributed by atoms with van der Waals surface area (Å²) in [7, 11) is 0. The van der Waals surface area contributed by atoms with E-state index in [2.05, 4.69) is 15.4 Å². The van der Waals surface area contributed by atoms with Crippen molar-refractivity contribution in [2.45, 2.75) is 25.4 Å². The molecular formula is C15H19N3O2. The minimum atomic E-state index is 0.711. The number of likely N-dealkylation sites (tertiary alicyclic amines) is 1. The van der Waals surface area contributed by atoms with Gasteiger partial charge in [-0.05, 0) is 37.4 Å². The van der Waals surface area contributed by atoms with Crippen LogP contribution in [0.15, 0.2) is 33.4 Å². The molecule has 106 valence electrons. The zero-order valence-electron chi connectivity index (χ0n) is 11.4. The summed E-state index contributed by atoms with van der Waals surface area (Å²) in [5.74, 6) is 2.25. The number of aromatic nitrogens is 1. The highest BCUT2D eigenvalue weighted by molar-refractivity contribution is 5.49. The van der Waals surface area contributed by atoms with Crippen LogP contribution in [0.1, 0.15) is 18.5 Å². The van der Waals surface area contributed by atoms with Gasteiger partial charge in [0.1, 0.15) is 0 Å². The van der Waals surface area contributed by atoms with Crippen molar-refractivity contribution < 1.29 is 8.94 Å². The number of furan rings is 1. The van der Waals surface area contributed by atoms with Crippen LogP contribution in [-0.2, 0) is 6.54 Å². The van der Waals surface area contributed by atoms with Gasteiger partial charge in [-0.1, -0.05) is 5.16 Å². The van der Waals surface area contributed by atoms with Gasteiger partial charge < -0.3 is 14.3 Å². The molecular weight excluding hydrogens is 254 g/mol. The van der Waals surface area contributed by atoms with Crippen LogP contribution in [0.4, 0.5) is 0 Å². The summed E-state index contributed by atoms with van der Waals surface area (Å²) in [5.41, 5.74) is 0.987. The Morgan fingerprint density at radius 1 is 1.35 bits per heavy atom. The van der Waals surface area contributed by atoms with Crippen molar-refractivity contribution in [3.05, 3.63) is 30.2 Å². The van der Waals surface area contributed by atoms with Crippen LogP contribution in [0.5, 0.6) is 0 Å². The number of hydrogen-bond donors (Lipinski definition) is 1. The molecule has 2 saturated heterocycles. The van der Waals surface area contributed by atoms with Crippen molar-refractivity contribution in [1.82, 2.24) is 15.4 Å². The topological polar surface area (TPSA) is 54.4 Å². The molecule has 0 spiro atoms. The Labute approximate surface area is 117 Å². The highest BCUT2D eigenvalue weighted by atomic mass is 16.5. The van der Waals surface area contributed by atoms with Gasteiger partial charge in [-0.2, -0.15) is 0 Å². The Hall–Kier alpha value is -1.59. The van der Waals surface area contributed by atoms with E-state index in [-0.39, 0.29) is 0 Å². The van der Waals surface area contributed by atoms with E-state index in [9.17, 15) is 0 Å². The molecule has 2 atom stereocenters. The molecule has 2 aromatic rings. The first kappa shape index (κ1) is 12.2. The van der Waals surface area contributed by atoms with Crippen LogP contribution in [-0.4, -0.2) is 35.7 Å². The molecule has 2 unspecified atom stereocenters. The minimum absolute atomic E-state index is 0.711. The largest absolute Gasteiger partial charge is 0.461 e. The highest BCUT2D eigenvalue weighted by Crippen LogP contribution is 2.26. The number of hydrogen-bond acceptors (Lipinski definition) is 5. The van der Waals surface area contributed by atoms with E-state index >= 15 is 0 Å². The normalized spacial score (nSPS) is 26.8. The molecule has 0 saturated carbocycles. The van der Waals surface area contributed by atoms with Crippen molar-refractivity contribution in [2.24, 2.45) is 5.92 Å². The average Bonchev–Trinajstić information content (AvgIpc) is 3.19. The van der Waals surface area contributed by atoms with E-state index in [1.165, 1.54) is 25.9 Å². The maximum atomic E-state index is 5.35. The molecule has 2 aromatic heterocycles. The zero-order valence-corrected chi connectivity index (χ0v) is 11.4. The Kier molecular flexibility index (Phi) is 3.09. The minimum Gasteiger partial charge on any atom is -0.461 e. The summed E-state index contributed by atoms with van der Waals surface area (Å²) in [6.07, 6.45) is 4.20. The standard InChI is InChI=1S/C15H19N3O2/c1-2-14(19-7-1)15-8-12(17-20-15)10-18-6-4-13-11(9-18)3-5-16-13/h1-2,7-8,11,13,16H,3-6,9-10H2. The van der Waals surface area contributed by atoms with E-state index in [1.807, 2.05) is 18.2 Å². The second-order valence-corrected chi connectivity index (χ2v) is 5.79. The van der Waals surface area contributed by atoms with Crippen molar-refractivity contribution in [1.29, 1.82) is 0 Å². The number of nitrogens with zero attached hydrogens (tertiary/aromatic N) is 2. The van der Waals surface area contributed by atoms with E-state index in [4.69, 9.17) is 8.94 Å². The predicted octanol–water partition coefficient (Wildman–Crippen LogP) is 2.12. The molecule has 5 heteroatoms. The molecule has 4 rings (SSSR count). The second-order valence-electron chi connectivity index (χ2n) is 5.79. The van der Waals surface area contributed by atoms with Gasteiger partial charge in [-0.15, -0.1) is 0 Å². The monoisotopic (exact) mass is 273 g/mol. The molecule has 5 nitrogen and oxygen atoms in total. The predicted molar refractivity (Wildman–Crippen MR) is 74.0 cm³/mol. The lowest BCUT2D eigenvalue weighted by Gasteiger charge is -2.34. The average molecular weight is 273 g/mol. The summed E-state index contributed by atoms with van der Waals surface area (Å²) in [5, 5.41) is 7.75. The van der Waals surface area contributed by atoms with Gasteiger partial charge >= 0.3 is 0 Å². The van der Waals surface area contributed by atoms with Crippen molar-refractivity contribution in [3.8, 4) is 11.5 Å². The van der Waals surface area contributed by atoms with Gasteiger partial charge in [-0.25, -0.2) is 0 Å². The summed E-state index contributed by atoms with van der Waals surface area (Å²) >= 11 is 0. The molecule has 0 bridgehead atoms. The van der Waals surface area contributed by atoms with E-state index in [1.54, 1.807) is 6.26 Å². The van der Waals surface area contributed by atoms with E-state index in [0.717, 1.165) is 36.5 Å². The van der Waals surface area contributed by atoms with Crippen LogP contribution in [0.3, 0.4) is 0 Å². The Bertz CT molecular complexity index is 563. The lowest BCUT2D eigenvalue weighted by atomic mass is 9.93. The van der Waals surface area contributed by atoms with Crippen LogP contribution < -0.4 is 5.32 Å². The number of fused-ring (bicyclic) bond motifs is 1. The first-order chi connectivity index (χ1) is 9.88. The van der Waals surface area contributed by atoms with Crippen LogP contribution in [0.25, 0.3) is 11.5 Å². The maximum absolute atomic E-state index is 5.35. The van der Waals surface area contributed by atoms with Crippen molar-refractivity contribution in [3.63, 3.8) is 0 Å². The molecule has 1 N–H and O–H groups in total. The molecule has 0 amide bonds. The Morgan fingerprint density at radius 3 is 3.25 bits per heavy atom. The van der Waals surface area contributed by atoms with Crippen LogP contribution in [0, 0.1) is 5.92 Å². The van der Waals surface area contributed by atoms with Gasteiger partial charge in [0, 0.05) is 31.7 Å². The third-order valence-corrected chi connectivity index (χ3v) is 4.45. The van der Waals surface area contributed by atoms with Crippen molar-refractivity contribution >= 4 is 0 Å². The second kappa shape index (κ2) is 5.07. The van der Waals surface area contributed by atoms with Gasteiger partial charge in [-0.3, -0.25) is 4.90 Å². The first-order valence-corrected chi connectivity index (χ1v) is 7.34. The number of nitrogens with one attached hydrogen (secondary N) is 1. The van der Waals surface area contributed by atoms with E-state index < -0.39 is 0 Å². The van der Waals surface area contributed by atoms with Crippen LogP contribution in [0.2, 0.25) is 0 Å². The van der Waals surface area contributed by atoms with Crippen molar-refractivity contribution in [2.75, 3.05) is 19.6 Å². The van der Waals surface area contributed by atoms with Gasteiger partial charge in [0.15, 0.2) is 5.76 Å². The molecule has 20 heavy (non-hydrogen) atoms. The molecule has 2 aliphatic rings. The summed E-state index contributed by atoms with van der Waals surface area (Å²) < 4.78 is 10.7. The fraction of sp³-hybridized carbons (Fsp3) is 0.533. The van der Waals surface area contributed by atoms with Gasteiger partial charge in [0.25, 0.3) is 0 Å². The molecule has 2 fully saturated rings. The summed E-state index contributed by atoms with van der Waals surface area (Å²) in [4.78, 5) is 2.48. The molecule has 2 aliphatic heterocycles. The quantitative estimate of drug-likeness (QED) is 0.928. The van der Waals surface area contributed by atoms with E-state index in [0.29, 0.717) is 5.76 Å². The third kappa shape index (κ3) is 2.27. The lowest BCUT2D eigenvalue weighted by Crippen LogP contribution is -2.43. The Morgan fingerprint density at radius 2 is 2.35 bits per heavy atom. The Balaban J connectivity index is 1.42. The molecule has 0 aromatic carbocycles. The lowest BCUT2D eigenvalue weighted by molar-refractivity contribution is 0.152. The smallest absolute Gasteiger partial charge is 0.202 e. The molecule has 0 radical (unpaired) electrons. The van der Waals surface area contributed by atoms with Gasteiger partial charge in [0.05, 0.1) is 12.0 Å². The first-order valence-electron chi connectivity index (χ1n) is 7.34. The third-order valence-electron chi connectivity index (χ3n) is 4.45.